The number of hydrogen-bond acceptors (Lipinski definition) is 1. The summed E-state index contributed by atoms with van der Waals surface area (Å²) >= 11 is 5.72. The molecule has 19 heavy (non-hydrogen) atoms. The lowest BCUT2D eigenvalue weighted by molar-refractivity contribution is -0.137. The normalized spacial score (nSPS) is 11.6. The number of aliphatic hydroxyl groups is 1. The molecule has 1 nitrogen and oxygen atoms in total. The Morgan fingerprint density at radius 2 is 1.63 bits per heavy atom. The number of hydrogen-bond donors (Lipinski definition) is 1. The molecule has 0 aliphatic heterocycles. The molecule has 0 bridgehead atoms. The molecule has 0 saturated carbocycles. The van der Waals surface area contributed by atoms with E-state index < -0.39 is 18.3 Å². The standard InChI is InChI=1S/C14H10ClF3O/c15-11-4-2-10(3-5-11)12-6-1-9(8-19)7-13(12)14(16,17)18/h1-7,19H,8H2. The first-order valence-corrected chi connectivity index (χ1v) is 5.86. The quantitative estimate of drug-likeness (QED) is 0.861. The number of alkyl halides is 3. The lowest BCUT2D eigenvalue weighted by Crippen LogP contribution is -2.08. The van der Waals surface area contributed by atoms with E-state index in [4.69, 9.17) is 16.7 Å². The van der Waals surface area contributed by atoms with Crippen molar-refractivity contribution in [1.82, 2.24) is 0 Å². The summed E-state index contributed by atoms with van der Waals surface area (Å²) in [4.78, 5) is 0. The predicted molar refractivity (Wildman–Crippen MR) is 67.8 cm³/mol. The van der Waals surface area contributed by atoms with Crippen LogP contribution in [0.2, 0.25) is 5.02 Å². The third kappa shape index (κ3) is 3.08. The molecular formula is C14H10ClF3O. The van der Waals surface area contributed by atoms with Crippen LogP contribution in [0.3, 0.4) is 0 Å². The minimum absolute atomic E-state index is 0.0707. The zero-order chi connectivity index (χ0) is 14.0. The summed E-state index contributed by atoms with van der Waals surface area (Å²) in [5.41, 5.74) is -0.0333. The molecule has 0 heterocycles. The van der Waals surface area contributed by atoms with E-state index in [1.165, 1.54) is 36.4 Å². The maximum Gasteiger partial charge on any atom is 0.417 e. The van der Waals surface area contributed by atoms with Gasteiger partial charge in [0.15, 0.2) is 0 Å². The van der Waals surface area contributed by atoms with Gasteiger partial charge in [-0.05, 0) is 34.9 Å². The highest BCUT2D eigenvalue weighted by molar-refractivity contribution is 6.30. The summed E-state index contributed by atoms with van der Waals surface area (Å²) in [5.74, 6) is 0. The fraction of sp³-hybridized carbons (Fsp3) is 0.143. The minimum Gasteiger partial charge on any atom is -0.392 e. The lowest BCUT2D eigenvalue weighted by atomic mass is 9.97. The van der Waals surface area contributed by atoms with Gasteiger partial charge < -0.3 is 5.11 Å². The Morgan fingerprint density at radius 1 is 1.00 bits per heavy atom. The van der Waals surface area contributed by atoms with Gasteiger partial charge >= 0.3 is 6.18 Å². The van der Waals surface area contributed by atoms with Crippen molar-refractivity contribution in [1.29, 1.82) is 0 Å². The van der Waals surface area contributed by atoms with Crippen LogP contribution in [0.4, 0.5) is 13.2 Å². The molecule has 0 aliphatic carbocycles. The number of rotatable bonds is 2. The third-order valence-electron chi connectivity index (χ3n) is 2.73. The van der Waals surface area contributed by atoms with Crippen LogP contribution in [0.15, 0.2) is 42.5 Å². The van der Waals surface area contributed by atoms with Crippen LogP contribution in [0.5, 0.6) is 0 Å². The molecule has 1 N–H and O–H groups in total. The molecule has 0 amide bonds. The molecular weight excluding hydrogens is 277 g/mol. The number of aliphatic hydroxyl groups excluding tert-OH is 1. The first kappa shape index (κ1) is 13.9. The van der Waals surface area contributed by atoms with E-state index in [1.54, 1.807) is 0 Å². The van der Waals surface area contributed by atoms with Crippen LogP contribution in [-0.4, -0.2) is 5.11 Å². The monoisotopic (exact) mass is 286 g/mol. The molecule has 0 radical (unpaired) electrons. The van der Waals surface area contributed by atoms with E-state index in [9.17, 15) is 13.2 Å². The van der Waals surface area contributed by atoms with Crippen LogP contribution >= 0.6 is 11.6 Å². The highest BCUT2D eigenvalue weighted by Crippen LogP contribution is 2.37. The molecule has 0 unspecified atom stereocenters. The lowest BCUT2D eigenvalue weighted by Gasteiger charge is -2.14. The van der Waals surface area contributed by atoms with Crippen LogP contribution in [0.1, 0.15) is 11.1 Å². The molecule has 2 rings (SSSR count). The van der Waals surface area contributed by atoms with Crippen molar-refractivity contribution < 1.29 is 18.3 Å². The van der Waals surface area contributed by atoms with Gasteiger partial charge in [0.25, 0.3) is 0 Å². The van der Waals surface area contributed by atoms with E-state index in [0.29, 0.717) is 10.6 Å². The second-order valence-corrected chi connectivity index (χ2v) is 4.48. The smallest absolute Gasteiger partial charge is 0.392 e. The Bertz CT molecular complexity index is 576. The Kier molecular flexibility index (Phi) is 3.83. The van der Waals surface area contributed by atoms with Crippen molar-refractivity contribution >= 4 is 11.6 Å². The van der Waals surface area contributed by atoms with Gasteiger partial charge in [-0.2, -0.15) is 13.2 Å². The minimum atomic E-state index is -4.47. The van der Waals surface area contributed by atoms with E-state index in [1.807, 2.05) is 0 Å². The highest BCUT2D eigenvalue weighted by Gasteiger charge is 2.33. The average molecular weight is 287 g/mol. The summed E-state index contributed by atoms with van der Waals surface area (Å²) in [5, 5.41) is 9.40. The first-order valence-electron chi connectivity index (χ1n) is 5.49. The van der Waals surface area contributed by atoms with Gasteiger partial charge in [0.2, 0.25) is 0 Å². The van der Waals surface area contributed by atoms with E-state index in [2.05, 4.69) is 0 Å². The van der Waals surface area contributed by atoms with E-state index in [-0.39, 0.29) is 11.1 Å². The van der Waals surface area contributed by atoms with Gasteiger partial charge in [0.1, 0.15) is 0 Å². The maximum atomic E-state index is 13.0. The van der Waals surface area contributed by atoms with E-state index in [0.717, 1.165) is 6.07 Å². The largest absolute Gasteiger partial charge is 0.417 e. The van der Waals surface area contributed by atoms with Crippen LogP contribution in [0, 0.1) is 0 Å². The van der Waals surface area contributed by atoms with E-state index >= 15 is 0 Å². The van der Waals surface area contributed by atoms with Gasteiger partial charge in [0.05, 0.1) is 12.2 Å². The molecule has 0 fully saturated rings. The van der Waals surface area contributed by atoms with Gasteiger partial charge in [-0.25, -0.2) is 0 Å². The van der Waals surface area contributed by atoms with Gasteiger partial charge in [-0.3, -0.25) is 0 Å². The Morgan fingerprint density at radius 3 is 2.16 bits per heavy atom. The van der Waals surface area contributed by atoms with Crippen molar-refractivity contribution in [2.24, 2.45) is 0 Å². The summed E-state index contributed by atoms with van der Waals surface area (Å²) in [6.45, 7) is -0.427. The van der Waals surface area contributed by atoms with Gasteiger partial charge in [-0.1, -0.05) is 35.9 Å². The molecule has 0 atom stereocenters. The topological polar surface area (TPSA) is 20.2 Å². The number of halogens is 4. The molecule has 2 aromatic carbocycles. The maximum absolute atomic E-state index is 13.0. The molecule has 0 spiro atoms. The zero-order valence-corrected chi connectivity index (χ0v) is 10.5. The van der Waals surface area contributed by atoms with Crippen LogP contribution in [0.25, 0.3) is 11.1 Å². The molecule has 0 aromatic heterocycles. The van der Waals surface area contributed by atoms with Crippen LogP contribution in [-0.2, 0) is 12.8 Å². The summed E-state index contributed by atoms with van der Waals surface area (Å²) in [7, 11) is 0. The third-order valence-corrected chi connectivity index (χ3v) is 2.98. The Labute approximate surface area is 113 Å². The molecule has 0 saturated heterocycles. The van der Waals surface area contributed by atoms with Crippen molar-refractivity contribution in [2.75, 3.05) is 0 Å². The second-order valence-electron chi connectivity index (χ2n) is 4.04. The van der Waals surface area contributed by atoms with Crippen molar-refractivity contribution in [2.45, 2.75) is 12.8 Å². The van der Waals surface area contributed by atoms with Gasteiger partial charge in [-0.15, -0.1) is 0 Å². The fourth-order valence-electron chi connectivity index (χ4n) is 1.81. The molecule has 100 valence electrons. The molecule has 0 aliphatic rings. The van der Waals surface area contributed by atoms with Crippen LogP contribution < -0.4 is 0 Å². The highest BCUT2D eigenvalue weighted by atomic mass is 35.5. The van der Waals surface area contributed by atoms with Crippen molar-refractivity contribution in [3.8, 4) is 11.1 Å². The Balaban J connectivity index is 2.59. The van der Waals surface area contributed by atoms with Crippen molar-refractivity contribution in [3.63, 3.8) is 0 Å². The summed E-state index contributed by atoms with van der Waals surface area (Å²) in [6.07, 6.45) is -4.47. The molecule has 2 aromatic rings. The van der Waals surface area contributed by atoms with Crippen molar-refractivity contribution in [3.05, 3.63) is 58.6 Å². The SMILES string of the molecule is OCc1ccc(-c2ccc(Cl)cc2)c(C(F)(F)F)c1. The average Bonchev–Trinajstić information content (AvgIpc) is 2.38. The molecule has 5 heteroatoms. The zero-order valence-electron chi connectivity index (χ0n) is 9.71. The fourth-order valence-corrected chi connectivity index (χ4v) is 1.93. The number of benzene rings is 2. The van der Waals surface area contributed by atoms with Gasteiger partial charge in [0, 0.05) is 5.02 Å². The predicted octanol–water partition coefficient (Wildman–Crippen LogP) is 4.52. The summed E-state index contributed by atoms with van der Waals surface area (Å²) in [6, 6.07) is 9.94. The Hall–Kier alpha value is -1.52. The first-order chi connectivity index (χ1) is 8.91. The summed E-state index contributed by atoms with van der Waals surface area (Å²) < 4.78 is 39.1. The second kappa shape index (κ2) is 5.23.